The van der Waals surface area contributed by atoms with E-state index in [2.05, 4.69) is 35.9 Å². The number of amides is 1. The predicted octanol–water partition coefficient (Wildman–Crippen LogP) is 2.01. The summed E-state index contributed by atoms with van der Waals surface area (Å²) in [6.07, 6.45) is 9.62. The van der Waals surface area contributed by atoms with Crippen molar-refractivity contribution >= 4 is 6.09 Å². The van der Waals surface area contributed by atoms with Gasteiger partial charge < -0.3 is 20.3 Å². The summed E-state index contributed by atoms with van der Waals surface area (Å²) < 4.78 is 5.68. The molecule has 0 aromatic heterocycles. The van der Waals surface area contributed by atoms with Crippen LogP contribution in [0.2, 0.25) is 0 Å². The van der Waals surface area contributed by atoms with Gasteiger partial charge in [0.2, 0.25) is 0 Å². The number of nitrogens with two attached hydrogens (primary N) is 1. The molecule has 2 fully saturated rings. The Morgan fingerprint density at radius 1 is 1.28 bits per heavy atom. The standard InChI is InChI=1S/C19H34N4O2/c1-4-6-15-17(20)16(7-11-22(15)10-5-2)23-12-8-19(9-13-23)14-21(3)18(24)25-19/h7,11,15-17H,4-6,8-10,12-14,20H2,1-3H3. The lowest BCUT2D eigenvalue weighted by Gasteiger charge is -2.47. The average Bonchev–Trinajstić information content (AvgIpc) is 2.86. The molecule has 3 aliphatic rings. The summed E-state index contributed by atoms with van der Waals surface area (Å²) in [4.78, 5) is 18.4. The Hall–Kier alpha value is -1.27. The van der Waals surface area contributed by atoms with Gasteiger partial charge in [-0.05, 0) is 25.1 Å². The molecule has 25 heavy (non-hydrogen) atoms. The van der Waals surface area contributed by atoms with Crippen molar-refractivity contribution in [3.05, 3.63) is 12.3 Å². The van der Waals surface area contributed by atoms with Gasteiger partial charge in [0, 0.05) is 57.6 Å². The van der Waals surface area contributed by atoms with Gasteiger partial charge in [-0.3, -0.25) is 4.90 Å². The molecule has 1 amide bonds. The van der Waals surface area contributed by atoms with Crippen LogP contribution in [-0.4, -0.2) is 77.7 Å². The second-order valence-corrected chi connectivity index (χ2v) is 7.95. The highest BCUT2D eigenvalue weighted by molar-refractivity contribution is 5.70. The Morgan fingerprint density at radius 2 is 2.00 bits per heavy atom. The quantitative estimate of drug-likeness (QED) is 0.822. The van der Waals surface area contributed by atoms with Crippen LogP contribution in [0.4, 0.5) is 4.79 Å². The highest BCUT2D eigenvalue weighted by atomic mass is 16.6. The normalized spacial score (nSPS) is 32.5. The molecular formula is C19H34N4O2. The van der Waals surface area contributed by atoms with Crippen molar-refractivity contribution in [3.63, 3.8) is 0 Å². The lowest BCUT2D eigenvalue weighted by molar-refractivity contribution is -0.0126. The van der Waals surface area contributed by atoms with E-state index in [4.69, 9.17) is 10.5 Å². The van der Waals surface area contributed by atoms with E-state index in [1.807, 2.05) is 7.05 Å². The molecule has 0 bridgehead atoms. The number of hydrogen-bond donors (Lipinski definition) is 1. The van der Waals surface area contributed by atoms with Crippen LogP contribution in [0.25, 0.3) is 0 Å². The molecule has 0 aromatic carbocycles. The number of carbonyl (C=O) groups is 1. The van der Waals surface area contributed by atoms with Crippen molar-refractivity contribution in [2.24, 2.45) is 5.73 Å². The highest BCUT2D eigenvalue weighted by Gasteiger charge is 2.47. The Morgan fingerprint density at radius 3 is 2.56 bits per heavy atom. The van der Waals surface area contributed by atoms with E-state index in [0.29, 0.717) is 6.04 Å². The fourth-order valence-corrected chi connectivity index (χ4v) is 4.69. The number of nitrogens with zero attached hydrogens (tertiary/aromatic N) is 3. The lowest BCUT2D eigenvalue weighted by Crippen LogP contribution is -2.61. The molecule has 0 aromatic rings. The van der Waals surface area contributed by atoms with Crippen LogP contribution in [0, 0.1) is 0 Å². The highest BCUT2D eigenvalue weighted by Crippen LogP contribution is 2.34. The zero-order chi connectivity index (χ0) is 18.0. The topological polar surface area (TPSA) is 62.0 Å². The summed E-state index contributed by atoms with van der Waals surface area (Å²) in [7, 11) is 1.82. The van der Waals surface area contributed by atoms with E-state index in [9.17, 15) is 4.79 Å². The molecule has 6 heteroatoms. The van der Waals surface area contributed by atoms with E-state index in [0.717, 1.165) is 58.3 Å². The van der Waals surface area contributed by atoms with Crippen molar-refractivity contribution in [3.8, 4) is 0 Å². The number of piperidine rings is 1. The van der Waals surface area contributed by atoms with Crippen LogP contribution in [0.15, 0.2) is 12.3 Å². The molecule has 3 unspecified atom stereocenters. The van der Waals surface area contributed by atoms with Gasteiger partial charge in [-0.15, -0.1) is 0 Å². The zero-order valence-corrected chi connectivity index (χ0v) is 16.0. The molecule has 1 spiro atoms. The molecule has 142 valence electrons. The van der Waals surface area contributed by atoms with E-state index < -0.39 is 0 Å². The first-order valence-corrected chi connectivity index (χ1v) is 9.87. The maximum Gasteiger partial charge on any atom is 0.410 e. The fraction of sp³-hybridized carbons (Fsp3) is 0.842. The minimum Gasteiger partial charge on any atom is -0.441 e. The second kappa shape index (κ2) is 7.54. The van der Waals surface area contributed by atoms with Crippen molar-refractivity contribution in [2.75, 3.05) is 33.2 Å². The van der Waals surface area contributed by atoms with E-state index in [-0.39, 0.29) is 23.8 Å². The molecule has 3 heterocycles. The first kappa shape index (κ1) is 18.5. The summed E-state index contributed by atoms with van der Waals surface area (Å²) in [6.45, 7) is 8.13. The molecule has 0 radical (unpaired) electrons. The van der Waals surface area contributed by atoms with E-state index in [1.54, 1.807) is 4.90 Å². The Balaban J connectivity index is 1.64. The van der Waals surface area contributed by atoms with Gasteiger partial charge in [-0.1, -0.05) is 20.3 Å². The molecule has 6 nitrogen and oxygen atoms in total. The monoisotopic (exact) mass is 350 g/mol. The maximum atomic E-state index is 11.7. The minimum atomic E-state index is -0.276. The number of hydrogen-bond acceptors (Lipinski definition) is 5. The first-order valence-electron chi connectivity index (χ1n) is 9.87. The van der Waals surface area contributed by atoms with Crippen LogP contribution >= 0.6 is 0 Å². The molecule has 3 aliphatic heterocycles. The Kier molecular flexibility index (Phi) is 5.58. The first-order chi connectivity index (χ1) is 12.0. The minimum absolute atomic E-state index is 0.138. The number of likely N-dealkylation sites (tertiary alicyclic amines) is 1. The van der Waals surface area contributed by atoms with E-state index in [1.165, 1.54) is 0 Å². The summed E-state index contributed by atoms with van der Waals surface area (Å²) in [5, 5.41) is 0. The van der Waals surface area contributed by atoms with Crippen molar-refractivity contribution in [1.29, 1.82) is 0 Å². The van der Waals surface area contributed by atoms with Crippen molar-refractivity contribution in [1.82, 2.24) is 14.7 Å². The molecule has 0 saturated carbocycles. The van der Waals surface area contributed by atoms with Crippen molar-refractivity contribution < 1.29 is 9.53 Å². The summed E-state index contributed by atoms with van der Waals surface area (Å²) in [5.41, 5.74) is 6.45. The summed E-state index contributed by atoms with van der Waals surface area (Å²) in [5.74, 6) is 0. The third-order valence-corrected chi connectivity index (χ3v) is 6.08. The van der Waals surface area contributed by atoms with Gasteiger partial charge in [0.25, 0.3) is 0 Å². The van der Waals surface area contributed by atoms with Crippen LogP contribution in [0.3, 0.4) is 0 Å². The third-order valence-electron chi connectivity index (χ3n) is 6.08. The van der Waals surface area contributed by atoms with Gasteiger partial charge >= 0.3 is 6.09 Å². The Bertz CT molecular complexity index is 502. The van der Waals surface area contributed by atoms with Gasteiger partial charge in [0.05, 0.1) is 6.54 Å². The number of carbonyl (C=O) groups excluding carboxylic acids is 1. The molecule has 3 atom stereocenters. The average molecular weight is 351 g/mol. The number of likely N-dealkylation sites (N-methyl/N-ethyl adjacent to an activating group) is 1. The van der Waals surface area contributed by atoms with Gasteiger partial charge in [-0.25, -0.2) is 4.79 Å². The van der Waals surface area contributed by atoms with E-state index >= 15 is 0 Å². The predicted molar refractivity (Wildman–Crippen MR) is 99.2 cm³/mol. The molecule has 2 saturated heterocycles. The van der Waals surface area contributed by atoms with Crippen LogP contribution in [0.1, 0.15) is 46.0 Å². The summed E-state index contributed by atoms with van der Waals surface area (Å²) >= 11 is 0. The zero-order valence-electron chi connectivity index (χ0n) is 16.0. The SMILES string of the molecule is CCCC1C(N)C(N2CCC3(CC2)CN(C)C(=O)O3)C=CN1CCC. The molecular weight excluding hydrogens is 316 g/mol. The van der Waals surface area contributed by atoms with Crippen LogP contribution in [0.5, 0.6) is 0 Å². The maximum absolute atomic E-state index is 11.7. The number of rotatable bonds is 5. The molecule has 0 aliphatic carbocycles. The van der Waals surface area contributed by atoms with Crippen LogP contribution < -0.4 is 5.73 Å². The number of ether oxygens (including phenoxy) is 1. The fourth-order valence-electron chi connectivity index (χ4n) is 4.69. The smallest absolute Gasteiger partial charge is 0.410 e. The van der Waals surface area contributed by atoms with Crippen molar-refractivity contribution in [2.45, 2.75) is 69.7 Å². The lowest BCUT2D eigenvalue weighted by atomic mass is 9.87. The largest absolute Gasteiger partial charge is 0.441 e. The molecule has 3 rings (SSSR count). The van der Waals surface area contributed by atoms with Crippen LogP contribution in [-0.2, 0) is 4.74 Å². The Labute approximate surface area is 151 Å². The molecule has 2 N–H and O–H groups in total. The summed E-state index contributed by atoms with van der Waals surface area (Å²) in [6, 6.07) is 0.850. The van der Waals surface area contributed by atoms with Gasteiger partial charge in [0.15, 0.2) is 0 Å². The van der Waals surface area contributed by atoms with Gasteiger partial charge in [0.1, 0.15) is 5.60 Å². The third kappa shape index (κ3) is 3.65. The second-order valence-electron chi connectivity index (χ2n) is 7.95. The van der Waals surface area contributed by atoms with Gasteiger partial charge in [-0.2, -0.15) is 0 Å².